The number of imide groups is 1. The van der Waals surface area contributed by atoms with E-state index in [-0.39, 0.29) is 17.4 Å². The van der Waals surface area contributed by atoms with Gasteiger partial charge in [-0.3, -0.25) is 24.7 Å². The molecule has 3 atom stereocenters. The van der Waals surface area contributed by atoms with Crippen molar-refractivity contribution in [3.63, 3.8) is 0 Å². The van der Waals surface area contributed by atoms with Gasteiger partial charge in [-0.1, -0.05) is 42.5 Å². The first-order valence-corrected chi connectivity index (χ1v) is 10.4. The molecule has 0 unspecified atom stereocenters. The molecule has 1 fully saturated rings. The van der Waals surface area contributed by atoms with E-state index in [4.69, 9.17) is 0 Å². The van der Waals surface area contributed by atoms with Crippen LogP contribution in [0.15, 0.2) is 79.1 Å². The minimum absolute atomic E-state index is 0.0770. The van der Waals surface area contributed by atoms with Crippen LogP contribution < -0.4 is 10.6 Å². The number of carbonyl (C=O) groups excluding carboxylic acids is 3. The highest BCUT2D eigenvalue weighted by atomic mass is 16.3. The second-order valence-corrected chi connectivity index (χ2v) is 7.73. The zero-order chi connectivity index (χ0) is 22.5. The molecule has 1 aliphatic rings. The third-order valence-electron chi connectivity index (χ3n) is 5.50. The number of aliphatic hydroxyl groups excluding tert-OH is 1. The van der Waals surface area contributed by atoms with Gasteiger partial charge in [-0.05, 0) is 36.2 Å². The van der Waals surface area contributed by atoms with Crippen LogP contribution in [0.25, 0.3) is 0 Å². The quantitative estimate of drug-likeness (QED) is 0.473. The number of nitrogens with one attached hydrogen (secondary N) is 2. The lowest BCUT2D eigenvalue weighted by Crippen LogP contribution is -2.49. The lowest BCUT2D eigenvalue weighted by molar-refractivity contribution is -0.123. The first-order valence-electron chi connectivity index (χ1n) is 10.4. The Morgan fingerprint density at radius 2 is 1.66 bits per heavy atom. The average Bonchev–Trinajstić information content (AvgIpc) is 3.62. The molecule has 0 bridgehead atoms. The third kappa shape index (κ3) is 4.96. The topological polar surface area (TPSA) is 108 Å². The summed E-state index contributed by atoms with van der Waals surface area (Å²) in [5.41, 5.74) is 2.28. The van der Waals surface area contributed by atoms with Crippen LogP contribution in [0.3, 0.4) is 0 Å². The van der Waals surface area contributed by atoms with Crippen molar-refractivity contribution in [3.8, 4) is 0 Å². The van der Waals surface area contributed by atoms with Crippen molar-refractivity contribution in [1.29, 1.82) is 0 Å². The van der Waals surface area contributed by atoms with E-state index in [9.17, 15) is 19.5 Å². The maximum atomic E-state index is 12.5. The number of nitrogens with zero attached hydrogens (tertiary/aromatic N) is 1. The number of aliphatic hydroxyl groups is 1. The summed E-state index contributed by atoms with van der Waals surface area (Å²) in [6.07, 6.45) is 3.93. The fourth-order valence-electron chi connectivity index (χ4n) is 3.63. The van der Waals surface area contributed by atoms with Crippen molar-refractivity contribution in [2.45, 2.75) is 24.4 Å². The van der Waals surface area contributed by atoms with Crippen LogP contribution in [0.2, 0.25) is 0 Å². The van der Waals surface area contributed by atoms with Gasteiger partial charge >= 0.3 is 0 Å². The fourth-order valence-corrected chi connectivity index (χ4v) is 3.63. The standard InChI is InChI=1S/C25H23N3O4/c29-15-22(27-21-13-20(21)16-5-2-1-3-6-16)25(32)28-24(31)18-10-8-17(9-11-18)23(30)19-7-4-12-26-14-19/h1-12,14,20-22,27,29H,13,15H2,(H,28,31,32)/t20-,21+,22-/m0/s1. The van der Waals surface area contributed by atoms with E-state index in [2.05, 4.69) is 15.6 Å². The van der Waals surface area contributed by atoms with E-state index < -0.39 is 24.5 Å². The van der Waals surface area contributed by atoms with Crippen molar-refractivity contribution in [2.24, 2.45) is 0 Å². The highest BCUT2D eigenvalue weighted by molar-refractivity contribution is 6.10. The molecule has 1 saturated carbocycles. The molecule has 1 heterocycles. The molecule has 2 aromatic carbocycles. The number of benzene rings is 2. The highest BCUT2D eigenvalue weighted by Crippen LogP contribution is 2.40. The summed E-state index contributed by atoms with van der Waals surface area (Å²) in [4.78, 5) is 41.4. The van der Waals surface area contributed by atoms with E-state index >= 15 is 0 Å². The van der Waals surface area contributed by atoms with E-state index in [0.717, 1.165) is 6.42 Å². The molecule has 7 heteroatoms. The predicted octanol–water partition coefficient (Wildman–Crippen LogP) is 2.08. The van der Waals surface area contributed by atoms with E-state index in [1.807, 2.05) is 30.3 Å². The molecule has 4 rings (SSSR count). The Balaban J connectivity index is 1.33. The zero-order valence-corrected chi connectivity index (χ0v) is 17.3. The van der Waals surface area contributed by atoms with Gasteiger partial charge in [-0.15, -0.1) is 0 Å². The van der Waals surface area contributed by atoms with Crippen LogP contribution in [0.4, 0.5) is 0 Å². The normalized spacial score (nSPS) is 17.9. The molecule has 32 heavy (non-hydrogen) atoms. The van der Waals surface area contributed by atoms with Gasteiger partial charge in [-0.2, -0.15) is 0 Å². The largest absolute Gasteiger partial charge is 0.394 e. The molecule has 0 radical (unpaired) electrons. The number of rotatable bonds is 8. The number of pyridine rings is 1. The van der Waals surface area contributed by atoms with E-state index in [0.29, 0.717) is 17.0 Å². The van der Waals surface area contributed by atoms with Crippen LogP contribution in [0.5, 0.6) is 0 Å². The van der Waals surface area contributed by atoms with Crippen molar-refractivity contribution in [3.05, 3.63) is 101 Å². The number of amides is 2. The van der Waals surface area contributed by atoms with Crippen LogP contribution >= 0.6 is 0 Å². The van der Waals surface area contributed by atoms with Crippen LogP contribution in [0, 0.1) is 0 Å². The summed E-state index contributed by atoms with van der Waals surface area (Å²) in [7, 11) is 0. The summed E-state index contributed by atoms with van der Waals surface area (Å²) in [5, 5.41) is 15.1. The summed E-state index contributed by atoms with van der Waals surface area (Å²) in [6, 6.07) is 18.5. The van der Waals surface area contributed by atoms with Gasteiger partial charge in [0.25, 0.3) is 5.91 Å². The van der Waals surface area contributed by atoms with Crippen molar-refractivity contribution in [1.82, 2.24) is 15.6 Å². The molecule has 3 N–H and O–H groups in total. The fraction of sp³-hybridized carbons (Fsp3) is 0.200. The minimum atomic E-state index is -0.885. The van der Waals surface area contributed by atoms with Gasteiger partial charge in [0.15, 0.2) is 5.78 Å². The Morgan fingerprint density at radius 3 is 2.31 bits per heavy atom. The molecule has 0 saturated heterocycles. The molecule has 162 valence electrons. The van der Waals surface area contributed by atoms with E-state index in [1.54, 1.807) is 18.3 Å². The second-order valence-electron chi connectivity index (χ2n) is 7.73. The summed E-state index contributed by atoms with van der Waals surface area (Å²) in [6.45, 7) is -0.421. The molecule has 3 aromatic rings. The number of ketones is 1. The van der Waals surface area contributed by atoms with Gasteiger partial charge in [-0.25, -0.2) is 0 Å². The Bertz CT molecular complexity index is 1100. The van der Waals surface area contributed by atoms with E-state index in [1.165, 1.54) is 36.0 Å². The number of hydrogen-bond acceptors (Lipinski definition) is 6. The number of hydrogen-bond donors (Lipinski definition) is 3. The van der Waals surface area contributed by atoms with Gasteiger partial charge in [0.05, 0.1) is 6.61 Å². The SMILES string of the molecule is O=C(NC(=O)[C@H](CO)N[C@@H]1C[C@H]1c1ccccc1)c1ccc(C(=O)c2cccnc2)cc1. The van der Waals surface area contributed by atoms with Crippen LogP contribution in [-0.4, -0.2) is 46.4 Å². The van der Waals surface area contributed by atoms with Crippen molar-refractivity contribution >= 4 is 17.6 Å². The lowest BCUT2D eigenvalue weighted by atomic mass is 10.0. The van der Waals surface area contributed by atoms with Gasteiger partial charge < -0.3 is 10.4 Å². The smallest absolute Gasteiger partial charge is 0.257 e. The monoisotopic (exact) mass is 429 g/mol. The van der Waals surface area contributed by atoms with Crippen LogP contribution in [-0.2, 0) is 4.79 Å². The minimum Gasteiger partial charge on any atom is -0.394 e. The maximum absolute atomic E-state index is 12.5. The zero-order valence-electron chi connectivity index (χ0n) is 17.3. The Kier molecular flexibility index (Phi) is 6.49. The molecular weight excluding hydrogens is 406 g/mol. The summed E-state index contributed by atoms with van der Waals surface area (Å²) >= 11 is 0. The predicted molar refractivity (Wildman–Crippen MR) is 118 cm³/mol. The Labute approximate surface area is 185 Å². The summed E-state index contributed by atoms with van der Waals surface area (Å²) < 4.78 is 0. The first-order chi connectivity index (χ1) is 15.6. The molecular formula is C25H23N3O4. The van der Waals surface area contributed by atoms with Gasteiger partial charge in [0.2, 0.25) is 5.91 Å². The molecule has 1 aromatic heterocycles. The molecule has 1 aliphatic carbocycles. The summed E-state index contributed by atoms with van der Waals surface area (Å²) in [5.74, 6) is -1.10. The number of aromatic nitrogens is 1. The van der Waals surface area contributed by atoms with Gasteiger partial charge in [0, 0.05) is 41.0 Å². The molecule has 7 nitrogen and oxygen atoms in total. The third-order valence-corrected chi connectivity index (χ3v) is 5.50. The van der Waals surface area contributed by atoms with Crippen molar-refractivity contribution < 1.29 is 19.5 Å². The highest BCUT2D eigenvalue weighted by Gasteiger charge is 2.40. The average molecular weight is 429 g/mol. The van der Waals surface area contributed by atoms with Crippen LogP contribution in [0.1, 0.15) is 44.2 Å². The number of carbonyl (C=O) groups is 3. The van der Waals surface area contributed by atoms with Crippen molar-refractivity contribution in [2.75, 3.05) is 6.61 Å². The molecule has 0 aliphatic heterocycles. The maximum Gasteiger partial charge on any atom is 0.257 e. The Hall–Kier alpha value is -3.68. The Morgan fingerprint density at radius 1 is 0.938 bits per heavy atom. The molecule has 2 amide bonds. The second kappa shape index (κ2) is 9.64. The molecule has 0 spiro atoms. The lowest BCUT2D eigenvalue weighted by Gasteiger charge is -2.16. The van der Waals surface area contributed by atoms with Gasteiger partial charge in [0.1, 0.15) is 6.04 Å². The first kappa shape index (κ1) is 21.5.